The quantitative estimate of drug-likeness (QED) is 0.857. The molecule has 0 amide bonds. The molecule has 2 unspecified atom stereocenters. The number of fused-ring (bicyclic) bond motifs is 1. The first-order valence-electron chi connectivity index (χ1n) is 6.28. The van der Waals surface area contributed by atoms with Crippen LogP contribution in [0.2, 0.25) is 0 Å². The molecule has 1 saturated carbocycles. The first-order valence-corrected chi connectivity index (χ1v) is 6.28. The summed E-state index contributed by atoms with van der Waals surface area (Å²) < 4.78 is 1.70. The van der Waals surface area contributed by atoms with Crippen LogP contribution >= 0.6 is 0 Å². The molecule has 0 radical (unpaired) electrons. The summed E-state index contributed by atoms with van der Waals surface area (Å²) >= 11 is 0. The Hall–Kier alpha value is -2.18. The fourth-order valence-electron chi connectivity index (χ4n) is 2.08. The second-order valence-electron chi connectivity index (χ2n) is 5.07. The molecule has 0 aliphatic heterocycles. The van der Waals surface area contributed by atoms with Crippen molar-refractivity contribution in [3.8, 4) is 0 Å². The van der Waals surface area contributed by atoms with Crippen molar-refractivity contribution in [3.05, 3.63) is 18.0 Å². The lowest BCUT2D eigenvalue weighted by Gasteiger charge is -2.09. The van der Waals surface area contributed by atoms with E-state index in [-0.39, 0.29) is 0 Å². The van der Waals surface area contributed by atoms with Gasteiger partial charge in [0, 0.05) is 5.92 Å². The maximum atomic E-state index is 10.8. The van der Waals surface area contributed by atoms with E-state index in [1.807, 2.05) is 0 Å². The molecule has 100 valence electrons. The highest BCUT2D eigenvalue weighted by atomic mass is 16.4. The van der Waals surface area contributed by atoms with Crippen LogP contribution in [0.1, 0.15) is 32.0 Å². The second kappa shape index (κ2) is 4.18. The van der Waals surface area contributed by atoms with E-state index in [0.717, 1.165) is 12.2 Å². The van der Waals surface area contributed by atoms with Crippen molar-refractivity contribution in [3.63, 3.8) is 0 Å². The van der Waals surface area contributed by atoms with E-state index >= 15 is 0 Å². The summed E-state index contributed by atoms with van der Waals surface area (Å²) in [4.78, 5) is 10.8. The summed E-state index contributed by atoms with van der Waals surface area (Å²) in [5.41, 5.74) is 0.683. The number of aliphatic carboxylic acids is 1. The topological polar surface area (TPSA) is 92.4 Å². The van der Waals surface area contributed by atoms with Gasteiger partial charge in [0.05, 0.1) is 0 Å². The van der Waals surface area contributed by atoms with Crippen LogP contribution in [0.15, 0.2) is 12.1 Å². The highest BCUT2D eigenvalue weighted by molar-refractivity contribution is 5.76. The smallest absolute Gasteiger partial charge is 0.325 e. The molecule has 2 aromatic heterocycles. The molecular formula is C12H15N5O2. The van der Waals surface area contributed by atoms with E-state index in [1.54, 1.807) is 23.6 Å². The Balaban J connectivity index is 1.93. The molecule has 3 rings (SSSR count). The lowest BCUT2D eigenvalue weighted by Crippen LogP contribution is -2.26. The normalized spacial score (nSPS) is 23.3. The number of carboxylic acid groups (broad SMARTS) is 1. The number of carboxylic acids is 1. The molecule has 0 spiro atoms. The molecular weight excluding hydrogens is 246 g/mol. The third kappa shape index (κ3) is 2.11. The maximum Gasteiger partial charge on any atom is 0.325 e. The molecule has 2 heterocycles. The van der Waals surface area contributed by atoms with Crippen molar-refractivity contribution >= 4 is 17.4 Å². The zero-order chi connectivity index (χ0) is 13.6. The summed E-state index contributed by atoms with van der Waals surface area (Å²) in [6, 6.07) is 2.81. The SMILES string of the molecule is CC1CC1c1nnc2ccc(N[C@@H](C)C(=O)O)nn12. The number of rotatable bonds is 4. The first-order chi connectivity index (χ1) is 9.06. The number of aromatic nitrogens is 4. The number of nitrogens with zero attached hydrogens (tertiary/aromatic N) is 4. The van der Waals surface area contributed by atoms with Gasteiger partial charge in [-0.2, -0.15) is 4.52 Å². The summed E-state index contributed by atoms with van der Waals surface area (Å²) in [7, 11) is 0. The van der Waals surface area contributed by atoms with Gasteiger partial charge >= 0.3 is 5.97 Å². The van der Waals surface area contributed by atoms with Crippen molar-refractivity contribution in [1.82, 2.24) is 19.8 Å². The van der Waals surface area contributed by atoms with Crippen LogP contribution in [0.4, 0.5) is 5.82 Å². The first kappa shape index (κ1) is 11.9. The van der Waals surface area contributed by atoms with E-state index in [1.165, 1.54) is 0 Å². The minimum absolute atomic E-state index is 0.412. The lowest BCUT2D eigenvalue weighted by atomic mass is 10.3. The van der Waals surface area contributed by atoms with Gasteiger partial charge in [0.15, 0.2) is 11.5 Å². The minimum atomic E-state index is -0.915. The van der Waals surface area contributed by atoms with Gasteiger partial charge in [0.1, 0.15) is 11.9 Å². The van der Waals surface area contributed by atoms with Gasteiger partial charge in [0.2, 0.25) is 0 Å². The van der Waals surface area contributed by atoms with E-state index in [9.17, 15) is 4.79 Å². The third-order valence-corrected chi connectivity index (χ3v) is 3.46. The summed E-state index contributed by atoms with van der Waals surface area (Å²) in [5.74, 6) is 1.48. The molecule has 2 aromatic rings. The van der Waals surface area contributed by atoms with Crippen LogP contribution in [0, 0.1) is 5.92 Å². The molecule has 0 saturated heterocycles. The predicted octanol–water partition coefficient (Wildman–Crippen LogP) is 1.13. The molecule has 1 aliphatic rings. The summed E-state index contributed by atoms with van der Waals surface area (Å²) in [5, 5.41) is 24.3. The minimum Gasteiger partial charge on any atom is -0.480 e. The number of hydrogen-bond donors (Lipinski definition) is 2. The molecule has 19 heavy (non-hydrogen) atoms. The maximum absolute atomic E-state index is 10.8. The van der Waals surface area contributed by atoms with Crippen LogP contribution in [0.3, 0.4) is 0 Å². The van der Waals surface area contributed by atoms with E-state index in [2.05, 4.69) is 27.5 Å². The fraction of sp³-hybridized carbons (Fsp3) is 0.500. The zero-order valence-corrected chi connectivity index (χ0v) is 10.7. The molecule has 2 N–H and O–H groups in total. The summed E-state index contributed by atoms with van der Waals surface area (Å²) in [6.45, 7) is 3.74. The average molecular weight is 261 g/mol. The molecule has 0 bridgehead atoms. The Morgan fingerprint density at radius 1 is 1.53 bits per heavy atom. The van der Waals surface area contributed by atoms with Crippen molar-refractivity contribution in [1.29, 1.82) is 0 Å². The third-order valence-electron chi connectivity index (χ3n) is 3.46. The van der Waals surface area contributed by atoms with Gasteiger partial charge < -0.3 is 10.4 Å². The molecule has 0 aromatic carbocycles. The monoisotopic (exact) mass is 261 g/mol. The Morgan fingerprint density at radius 3 is 2.89 bits per heavy atom. The van der Waals surface area contributed by atoms with Crippen LogP contribution in [0.25, 0.3) is 5.65 Å². The fourth-order valence-corrected chi connectivity index (χ4v) is 2.08. The Bertz CT molecular complexity index is 638. The Labute approximate surface area is 109 Å². The molecule has 7 nitrogen and oxygen atoms in total. The highest BCUT2D eigenvalue weighted by Crippen LogP contribution is 2.45. The molecule has 1 fully saturated rings. The molecule has 3 atom stereocenters. The predicted molar refractivity (Wildman–Crippen MR) is 68.0 cm³/mol. The number of hydrogen-bond acceptors (Lipinski definition) is 5. The van der Waals surface area contributed by atoms with Crippen molar-refractivity contribution in [2.45, 2.75) is 32.2 Å². The second-order valence-corrected chi connectivity index (χ2v) is 5.07. The average Bonchev–Trinajstić information content (AvgIpc) is 2.95. The largest absolute Gasteiger partial charge is 0.480 e. The van der Waals surface area contributed by atoms with E-state index in [4.69, 9.17) is 5.11 Å². The van der Waals surface area contributed by atoms with Crippen molar-refractivity contribution in [2.24, 2.45) is 5.92 Å². The van der Waals surface area contributed by atoms with E-state index < -0.39 is 12.0 Å². The Kier molecular flexibility index (Phi) is 2.62. The van der Waals surface area contributed by atoms with Gasteiger partial charge in [-0.1, -0.05) is 6.92 Å². The van der Waals surface area contributed by atoms with Crippen molar-refractivity contribution < 1.29 is 9.90 Å². The summed E-state index contributed by atoms with van der Waals surface area (Å²) in [6.07, 6.45) is 1.10. The molecule has 1 aliphatic carbocycles. The highest BCUT2D eigenvalue weighted by Gasteiger charge is 2.38. The number of nitrogens with one attached hydrogen (secondary N) is 1. The van der Waals surface area contributed by atoms with Crippen LogP contribution < -0.4 is 5.32 Å². The van der Waals surface area contributed by atoms with Crippen LogP contribution in [-0.2, 0) is 4.79 Å². The van der Waals surface area contributed by atoms with Gasteiger partial charge in [-0.05, 0) is 31.4 Å². The standard InChI is InChI=1S/C12H15N5O2/c1-6-5-8(6)11-15-14-10-4-3-9(16-17(10)11)13-7(2)12(18)19/h3-4,6-8H,5H2,1-2H3,(H,13,16)(H,18,19)/t6?,7-,8?/m0/s1. The zero-order valence-electron chi connectivity index (χ0n) is 10.7. The van der Waals surface area contributed by atoms with Crippen molar-refractivity contribution in [2.75, 3.05) is 5.32 Å². The van der Waals surface area contributed by atoms with Gasteiger partial charge in [-0.25, -0.2) is 0 Å². The number of carbonyl (C=O) groups is 1. The van der Waals surface area contributed by atoms with E-state index in [0.29, 0.717) is 23.3 Å². The van der Waals surface area contributed by atoms with Gasteiger partial charge in [-0.3, -0.25) is 4.79 Å². The van der Waals surface area contributed by atoms with Crippen LogP contribution in [0.5, 0.6) is 0 Å². The number of anilines is 1. The van der Waals surface area contributed by atoms with Gasteiger partial charge in [-0.15, -0.1) is 15.3 Å². The molecule has 7 heteroatoms. The van der Waals surface area contributed by atoms with Crippen LogP contribution in [-0.4, -0.2) is 36.9 Å². The van der Waals surface area contributed by atoms with Gasteiger partial charge in [0.25, 0.3) is 0 Å². The lowest BCUT2D eigenvalue weighted by molar-refractivity contribution is -0.137. The Morgan fingerprint density at radius 2 is 2.26 bits per heavy atom.